The van der Waals surface area contributed by atoms with E-state index in [9.17, 15) is 14.3 Å². The van der Waals surface area contributed by atoms with Crippen molar-refractivity contribution in [2.45, 2.75) is 37.7 Å². The van der Waals surface area contributed by atoms with E-state index in [2.05, 4.69) is 10.4 Å². The number of aliphatic hydroxyl groups is 1. The molecular weight excluding hydrogens is 432 g/mol. The maximum atomic E-state index is 13.4. The van der Waals surface area contributed by atoms with E-state index in [4.69, 9.17) is 11.6 Å². The van der Waals surface area contributed by atoms with Crippen LogP contribution in [0.4, 0.5) is 10.1 Å². The average Bonchev–Trinajstić information content (AvgIpc) is 3.22. The number of rotatable bonds is 3. The van der Waals surface area contributed by atoms with Crippen molar-refractivity contribution in [2.75, 3.05) is 5.32 Å². The minimum atomic E-state index is -0.518. The van der Waals surface area contributed by atoms with Crippen LogP contribution in [0.1, 0.15) is 47.7 Å². The van der Waals surface area contributed by atoms with Gasteiger partial charge in [0.2, 0.25) is 0 Å². The summed E-state index contributed by atoms with van der Waals surface area (Å²) < 4.78 is 16.0. The first kappa shape index (κ1) is 19.0. The summed E-state index contributed by atoms with van der Waals surface area (Å²) in [6, 6.07) is 4.14. The monoisotopic (exact) mass is 453 g/mol. The van der Waals surface area contributed by atoms with Crippen molar-refractivity contribution in [2.24, 2.45) is 18.9 Å². The van der Waals surface area contributed by atoms with Gasteiger partial charge in [-0.2, -0.15) is 0 Å². The average molecular weight is 454 g/mol. The second-order valence-corrected chi connectivity index (χ2v) is 9.22. The molecule has 1 amide bonds. The summed E-state index contributed by atoms with van der Waals surface area (Å²) in [5, 5.41) is 17.3. The van der Waals surface area contributed by atoms with E-state index in [0.717, 1.165) is 35.9 Å². The molecule has 3 unspecified atom stereocenters. The van der Waals surface area contributed by atoms with Gasteiger partial charge in [-0.05, 0) is 0 Å². The van der Waals surface area contributed by atoms with Crippen LogP contribution in [0.25, 0.3) is 0 Å². The van der Waals surface area contributed by atoms with E-state index >= 15 is 0 Å². The molecule has 1 aromatic heterocycles. The summed E-state index contributed by atoms with van der Waals surface area (Å²) in [5.74, 6) is 0.517. The molecule has 8 heteroatoms. The molecule has 0 saturated heterocycles. The molecule has 0 bridgehead atoms. The zero-order valence-corrected chi connectivity index (χ0v) is 18.1. The third-order valence-corrected chi connectivity index (χ3v) is 7.58. The number of anilines is 1. The molecule has 2 N–H and O–H groups in total. The van der Waals surface area contributed by atoms with Gasteiger partial charge in [0.1, 0.15) is 0 Å². The van der Waals surface area contributed by atoms with E-state index in [-0.39, 0.29) is 23.0 Å². The number of nitrogens with zero attached hydrogens (tertiary/aromatic N) is 2. The van der Waals surface area contributed by atoms with Gasteiger partial charge < -0.3 is 0 Å². The van der Waals surface area contributed by atoms with Gasteiger partial charge in [-0.25, -0.2) is 0 Å². The molecule has 0 radical (unpaired) electrons. The number of hydrogen-bond donors (Lipinski definition) is 2. The van der Waals surface area contributed by atoms with E-state index in [0.29, 0.717) is 23.1 Å². The van der Waals surface area contributed by atoms with E-state index in [1.165, 1.54) is 35.1 Å². The Hall–Kier alpha value is -1.36. The number of nitrogens with one attached hydrogen (secondary N) is 1. The summed E-state index contributed by atoms with van der Waals surface area (Å²) in [4.78, 5) is 13.0. The van der Waals surface area contributed by atoms with Gasteiger partial charge in [0.05, 0.1) is 0 Å². The molecule has 27 heavy (non-hydrogen) atoms. The molecule has 0 spiro atoms. The summed E-state index contributed by atoms with van der Waals surface area (Å²) in [7, 11) is 1.85. The fourth-order valence-corrected chi connectivity index (χ4v) is 5.54. The van der Waals surface area contributed by atoms with E-state index in [1.54, 1.807) is 4.68 Å². The van der Waals surface area contributed by atoms with Gasteiger partial charge in [0.15, 0.2) is 0 Å². The molecule has 1 aromatic carbocycles. The Morgan fingerprint density at radius 3 is 2.63 bits per heavy atom. The van der Waals surface area contributed by atoms with Crippen molar-refractivity contribution in [3.05, 3.63) is 40.3 Å². The number of carbonyl (C=O) groups excluding carboxylic acids is 1. The Morgan fingerprint density at radius 1 is 1.33 bits per heavy atom. The minimum absolute atomic E-state index is 0.0256. The molecule has 2 aliphatic rings. The fraction of sp³-hybridized carbons (Fsp3) is 0.474. The zero-order valence-electron chi connectivity index (χ0n) is 15.0. The van der Waals surface area contributed by atoms with Gasteiger partial charge in [0, 0.05) is 0 Å². The van der Waals surface area contributed by atoms with Gasteiger partial charge in [-0.1, -0.05) is 0 Å². The van der Waals surface area contributed by atoms with Crippen LogP contribution in [0.3, 0.4) is 0 Å². The normalized spacial score (nSPS) is 27.0. The standard InChI is InChI=1S/C19H22AsClFN3O2/c1-25-18(20)16(19(27)23-12-2-3-15(22)14(21)8-12)17(24-25)11-4-9-6-13(26)7-10(9)5-11/h2-3,8-11,13,26H,4-7,20H2,1H3,(H,23,27). The third kappa shape index (κ3) is 3.55. The molecule has 2 fully saturated rings. The van der Waals surface area contributed by atoms with Crippen molar-refractivity contribution in [1.29, 1.82) is 0 Å². The van der Waals surface area contributed by atoms with Crippen LogP contribution in [0.2, 0.25) is 5.02 Å². The summed E-state index contributed by atoms with van der Waals surface area (Å²) in [6.07, 6.45) is 3.46. The molecule has 4 rings (SSSR count). The molecule has 3 atom stereocenters. The van der Waals surface area contributed by atoms with Crippen LogP contribution in [-0.2, 0) is 7.05 Å². The first-order chi connectivity index (χ1) is 12.8. The number of fused-ring (bicyclic) bond motifs is 1. The number of halogens is 2. The van der Waals surface area contributed by atoms with Gasteiger partial charge in [-0.3, -0.25) is 0 Å². The van der Waals surface area contributed by atoms with E-state index < -0.39 is 5.82 Å². The Labute approximate surface area is 170 Å². The first-order valence-electron chi connectivity index (χ1n) is 9.10. The summed E-state index contributed by atoms with van der Waals surface area (Å²) in [5.41, 5.74) is 1.91. The Bertz CT molecular complexity index is 889. The van der Waals surface area contributed by atoms with Crippen molar-refractivity contribution >= 4 is 44.5 Å². The summed E-state index contributed by atoms with van der Waals surface area (Å²) >= 11 is 7.17. The first-order valence-corrected chi connectivity index (χ1v) is 10.7. The molecule has 5 nitrogen and oxygen atoms in total. The van der Waals surface area contributed by atoms with Crippen LogP contribution in [0.15, 0.2) is 18.2 Å². The molecule has 2 aromatic rings. The number of aryl methyl sites for hydroxylation is 1. The number of carbonyl (C=O) groups is 1. The van der Waals surface area contributed by atoms with Crippen molar-refractivity contribution in [1.82, 2.24) is 9.78 Å². The molecule has 2 aliphatic carbocycles. The zero-order chi connectivity index (χ0) is 19.3. The van der Waals surface area contributed by atoms with Gasteiger partial charge in [0.25, 0.3) is 0 Å². The predicted octanol–water partition coefficient (Wildman–Crippen LogP) is 1.99. The quantitative estimate of drug-likeness (QED) is 0.699. The van der Waals surface area contributed by atoms with Gasteiger partial charge >= 0.3 is 171 Å². The number of aromatic nitrogens is 2. The molecule has 2 saturated carbocycles. The third-order valence-electron chi connectivity index (χ3n) is 5.90. The predicted molar refractivity (Wildman–Crippen MR) is 105 cm³/mol. The fourth-order valence-electron chi connectivity index (χ4n) is 4.65. The SMILES string of the molecule is Cn1nc(C2CC3CC(O)CC3C2)c(C(=O)Nc2ccc(F)c(Cl)c2)c1[AsH2]. The summed E-state index contributed by atoms with van der Waals surface area (Å²) in [6.45, 7) is 0. The topological polar surface area (TPSA) is 67.1 Å². The number of amides is 1. The Kier molecular flexibility index (Phi) is 5.08. The molecule has 144 valence electrons. The number of hydrogen-bond acceptors (Lipinski definition) is 3. The number of benzene rings is 1. The van der Waals surface area contributed by atoms with Crippen LogP contribution in [0, 0.1) is 17.7 Å². The second kappa shape index (κ2) is 7.23. The molecule has 0 aliphatic heterocycles. The number of aliphatic hydroxyl groups excluding tert-OH is 1. The Balaban J connectivity index is 1.59. The van der Waals surface area contributed by atoms with Crippen molar-refractivity contribution in [3.63, 3.8) is 0 Å². The van der Waals surface area contributed by atoms with Crippen LogP contribution in [-0.4, -0.2) is 43.8 Å². The van der Waals surface area contributed by atoms with Crippen molar-refractivity contribution in [3.8, 4) is 0 Å². The van der Waals surface area contributed by atoms with Crippen LogP contribution >= 0.6 is 11.6 Å². The van der Waals surface area contributed by atoms with Gasteiger partial charge in [-0.15, -0.1) is 0 Å². The molecule has 1 heterocycles. The van der Waals surface area contributed by atoms with Crippen LogP contribution in [0.5, 0.6) is 0 Å². The van der Waals surface area contributed by atoms with E-state index in [1.807, 2.05) is 7.05 Å². The molecular formula is C19H22AsClFN3O2. The van der Waals surface area contributed by atoms with Crippen molar-refractivity contribution < 1.29 is 14.3 Å². The Morgan fingerprint density at radius 2 is 2.00 bits per heavy atom. The van der Waals surface area contributed by atoms with Crippen LogP contribution < -0.4 is 9.80 Å². The maximum absolute atomic E-state index is 13.4. The second-order valence-electron chi connectivity index (χ2n) is 7.67.